The molecule has 0 bridgehead atoms. The second kappa shape index (κ2) is 17.0. The first-order valence-electron chi connectivity index (χ1n) is 18.2. The lowest BCUT2D eigenvalue weighted by atomic mass is 10.0. The van der Waals surface area contributed by atoms with Crippen LogP contribution in [0.1, 0.15) is 69.6 Å². The van der Waals surface area contributed by atoms with E-state index >= 15 is 0 Å². The maximum atomic E-state index is 13.6. The van der Waals surface area contributed by atoms with Crippen LogP contribution in [0.3, 0.4) is 0 Å². The average molecular weight is 742 g/mol. The van der Waals surface area contributed by atoms with Crippen LogP contribution in [0.15, 0.2) is 65.3 Å². The van der Waals surface area contributed by atoms with Crippen molar-refractivity contribution >= 4 is 24.0 Å². The van der Waals surface area contributed by atoms with E-state index < -0.39 is 30.4 Å². The summed E-state index contributed by atoms with van der Waals surface area (Å²) in [6.07, 6.45) is 5.11. The maximum absolute atomic E-state index is 13.6. The van der Waals surface area contributed by atoms with E-state index in [-0.39, 0.29) is 23.9 Å². The minimum Gasteiger partial charge on any atom is -0.453 e. The SMILES string of the molecule is CCC(NC(=O)OC)C(=O)N1CCCC1c1cnc(-c2ccc(-c3ccc(-c4cnc(C5CCCN5C(=O)C(NC(=O)OC)C(C)OC)o4)cc3)cc2)[nH]1. The highest BCUT2D eigenvalue weighted by molar-refractivity contribution is 5.87. The number of nitrogens with zero attached hydrogens (tertiary/aromatic N) is 4. The molecule has 0 aliphatic carbocycles. The highest BCUT2D eigenvalue weighted by atomic mass is 16.5. The summed E-state index contributed by atoms with van der Waals surface area (Å²) in [4.78, 5) is 66.7. The Balaban J connectivity index is 1.10. The molecule has 286 valence electrons. The number of H-pyrrole nitrogens is 1. The fourth-order valence-corrected chi connectivity index (χ4v) is 7.14. The van der Waals surface area contributed by atoms with Crippen LogP contribution in [0, 0.1) is 0 Å². The zero-order chi connectivity index (χ0) is 38.4. The molecule has 4 aromatic rings. The molecule has 15 nitrogen and oxygen atoms in total. The summed E-state index contributed by atoms with van der Waals surface area (Å²) < 4.78 is 21.0. The predicted molar refractivity (Wildman–Crippen MR) is 198 cm³/mol. The summed E-state index contributed by atoms with van der Waals surface area (Å²) in [6, 6.07) is 14.0. The smallest absolute Gasteiger partial charge is 0.407 e. The van der Waals surface area contributed by atoms with Crippen molar-refractivity contribution in [2.75, 3.05) is 34.4 Å². The molecule has 2 aliphatic rings. The van der Waals surface area contributed by atoms with E-state index in [4.69, 9.17) is 18.6 Å². The first-order chi connectivity index (χ1) is 26.1. The van der Waals surface area contributed by atoms with Gasteiger partial charge in [-0.2, -0.15) is 0 Å². The topological polar surface area (TPSA) is 181 Å². The Labute approximate surface area is 313 Å². The number of carbonyl (C=O) groups excluding carboxylic acids is 4. The zero-order valence-corrected chi connectivity index (χ0v) is 31.2. The van der Waals surface area contributed by atoms with Gasteiger partial charge in [-0.1, -0.05) is 55.5 Å². The Morgan fingerprint density at radius 3 is 1.98 bits per heavy atom. The third kappa shape index (κ3) is 8.10. The Bertz CT molecular complexity index is 1920. The van der Waals surface area contributed by atoms with Gasteiger partial charge in [-0.05, 0) is 50.2 Å². The van der Waals surface area contributed by atoms with Gasteiger partial charge in [-0.3, -0.25) is 9.59 Å². The standard InChI is InChI=1S/C39H47N7O8/c1-6-28(43-38(49)52-4)36(47)45-19-7-9-30(45)29-21-40-34(42-29)27-17-13-25(14-18-27)24-11-15-26(16-12-24)32-22-41-35(54-32)31-10-8-20-46(31)37(48)33(23(2)51-3)44-39(50)53-5/h11-18,21-23,28,30-31,33H,6-10,19-20H2,1-5H3,(H,40,42)(H,43,49)(H,44,50). The molecule has 2 saturated heterocycles. The fourth-order valence-electron chi connectivity index (χ4n) is 7.14. The molecular formula is C39H47N7O8. The van der Waals surface area contributed by atoms with Gasteiger partial charge in [0.2, 0.25) is 17.7 Å². The molecule has 0 saturated carbocycles. The monoisotopic (exact) mass is 741 g/mol. The number of aromatic nitrogens is 3. The quantitative estimate of drug-likeness (QED) is 0.165. The molecule has 2 aromatic carbocycles. The second-order valence-electron chi connectivity index (χ2n) is 13.4. The van der Waals surface area contributed by atoms with E-state index in [1.165, 1.54) is 21.3 Å². The summed E-state index contributed by atoms with van der Waals surface area (Å²) in [6.45, 7) is 4.68. The first kappa shape index (κ1) is 38.0. The van der Waals surface area contributed by atoms with Crippen LogP contribution in [0.4, 0.5) is 9.59 Å². The lowest BCUT2D eigenvalue weighted by molar-refractivity contribution is -0.138. The van der Waals surface area contributed by atoms with E-state index in [1.54, 1.807) is 24.2 Å². The number of methoxy groups -OCH3 is 3. The van der Waals surface area contributed by atoms with E-state index in [1.807, 2.05) is 60.4 Å². The van der Waals surface area contributed by atoms with Crippen molar-refractivity contribution in [3.8, 4) is 33.8 Å². The van der Waals surface area contributed by atoms with Crippen LogP contribution in [-0.4, -0.2) is 101 Å². The lowest BCUT2D eigenvalue weighted by Crippen LogP contribution is -2.54. The minimum absolute atomic E-state index is 0.134. The van der Waals surface area contributed by atoms with Gasteiger partial charge in [0.25, 0.3) is 0 Å². The van der Waals surface area contributed by atoms with E-state index in [0.717, 1.165) is 47.2 Å². The van der Waals surface area contributed by atoms with Crippen molar-refractivity contribution in [3.63, 3.8) is 0 Å². The van der Waals surface area contributed by atoms with Crippen LogP contribution in [0.5, 0.6) is 0 Å². The lowest BCUT2D eigenvalue weighted by Gasteiger charge is -2.30. The number of likely N-dealkylation sites (tertiary alicyclic amines) is 2. The Morgan fingerprint density at radius 2 is 1.37 bits per heavy atom. The zero-order valence-electron chi connectivity index (χ0n) is 31.2. The molecular weight excluding hydrogens is 694 g/mol. The number of rotatable bonds is 12. The molecule has 2 aromatic heterocycles. The van der Waals surface area contributed by atoms with Crippen LogP contribution in [-0.2, 0) is 23.8 Å². The molecule has 0 spiro atoms. The van der Waals surface area contributed by atoms with Gasteiger partial charge in [0.05, 0.1) is 44.5 Å². The predicted octanol–water partition coefficient (Wildman–Crippen LogP) is 5.62. The van der Waals surface area contributed by atoms with E-state index in [2.05, 4.69) is 25.6 Å². The Morgan fingerprint density at radius 1 is 0.796 bits per heavy atom. The number of nitrogens with one attached hydrogen (secondary N) is 3. The number of ether oxygens (including phenoxy) is 3. The number of hydrogen-bond acceptors (Lipinski definition) is 10. The largest absolute Gasteiger partial charge is 0.453 e. The molecule has 5 atom stereocenters. The minimum atomic E-state index is -0.923. The van der Waals surface area contributed by atoms with Crippen LogP contribution < -0.4 is 10.6 Å². The maximum Gasteiger partial charge on any atom is 0.407 e. The van der Waals surface area contributed by atoms with Gasteiger partial charge in [-0.15, -0.1) is 0 Å². The molecule has 5 unspecified atom stereocenters. The van der Waals surface area contributed by atoms with Gasteiger partial charge in [0.1, 0.15) is 23.9 Å². The average Bonchev–Trinajstić information content (AvgIpc) is 4.05. The molecule has 4 heterocycles. The Hall–Kier alpha value is -5.70. The summed E-state index contributed by atoms with van der Waals surface area (Å²) in [5.74, 6) is 1.31. The molecule has 6 rings (SSSR count). The number of imidazole rings is 1. The summed E-state index contributed by atoms with van der Waals surface area (Å²) in [7, 11) is 4.01. The number of carbonyl (C=O) groups is 4. The molecule has 15 heteroatoms. The van der Waals surface area contributed by atoms with Crippen molar-refractivity contribution < 1.29 is 37.8 Å². The van der Waals surface area contributed by atoms with Gasteiger partial charge < -0.3 is 44.0 Å². The molecule has 3 N–H and O–H groups in total. The Kier molecular flexibility index (Phi) is 12.0. The van der Waals surface area contributed by atoms with Crippen molar-refractivity contribution in [2.24, 2.45) is 0 Å². The van der Waals surface area contributed by atoms with Crippen molar-refractivity contribution in [1.82, 2.24) is 35.4 Å². The molecule has 2 aliphatic heterocycles. The molecule has 4 amide bonds. The normalized spacial score (nSPS) is 18.5. The number of amides is 4. The number of aromatic amines is 1. The van der Waals surface area contributed by atoms with Crippen LogP contribution in [0.2, 0.25) is 0 Å². The second-order valence-corrected chi connectivity index (χ2v) is 13.4. The highest BCUT2D eigenvalue weighted by Crippen LogP contribution is 2.36. The van der Waals surface area contributed by atoms with Crippen molar-refractivity contribution in [2.45, 2.75) is 76.2 Å². The third-order valence-electron chi connectivity index (χ3n) is 10.2. The van der Waals surface area contributed by atoms with Crippen molar-refractivity contribution in [1.29, 1.82) is 0 Å². The molecule has 2 fully saturated rings. The van der Waals surface area contributed by atoms with Crippen LogP contribution >= 0.6 is 0 Å². The molecule has 54 heavy (non-hydrogen) atoms. The highest BCUT2D eigenvalue weighted by Gasteiger charge is 2.40. The van der Waals surface area contributed by atoms with E-state index in [9.17, 15) is 19.2 Å². The summed E-state index contributed by atoms with van der Waals surface area (Å²) in [5, 5.41) is 5.24. The number of oxazole rings is 1. The van der Waals surface area contributed by atoms with Gasteiger partial charge in [0.15, 0.2) is 5.76 Å². The fraction of sp³-hybridized carbons (Fsp3) is 0.436. The van der Waals surface area contributed by atoms with Gasteiger partial charge in [-0.25, -0.2) is 19.6 Å². The third-order valence-corrected chi connectivity index (χ3v) is 10.2. The van der Waals surface area contributed by atoms with Gasteiger partial charge in [0, 0.05) is 31.3 Å². The van der Waals surface area contributed by atoms with Crippen molar-refractivity contribution in [3.05, 3.63) is 72.5 Å². The summed E-state index contributed by atoms with van der Waals surface area (Å²) in [5.41, 5.74) is 4.64. The molecule has 0 radical (unpaired) electrons. The van der Waals surface area contributed by atoms with Gasteiger partial charge >= 0.3 is 12.2 Å². The summed E-state index contributed by atoms with van der Waals surface area (Å²) >= 11 is 0. The number of benzene rings is 2. The number of hydrogen-bond donors (Lipinski definition) is 3. The van der Waals surface area contributed by atoms with Crippen LogP contribution in [0.25, 0.3) is 33.8 Å². The first-order valence-corrected chi connectivity index (χ1v) is 18.2. The van der Waals surface area contributed by atoms with E-state index in [0.29, 0.717) is 43.4 Å². The number of alkyl carbamates (subject to hydrolysis) is 2.